The molecular weight excluding hydrogens is 330 g/mol. The van der Waals surface area contributed by atoms with Crippen LogP contribution in [0.3, 0.4) is 0 Å². The maximum Gasteiger partial charge on any atom is 0.233 e. The highest BCUT2D eigenvalue weighted by molar-refractivity contribution is 6.03. The Morgan fingerprint density at radius 3 is 2.19 bits per heavy atom. The quantitative estimate of drug-likeness (QED) is 0.840. The molecule has 26 heavy (non-hydrogen) atoms. The lowest BCUT2D eigenvalue weighted by Gasteiger charge is -2.32. The van der Waals surface area contributed by atoms with E-state index >= 15 is 0 Å². The average Bonchev–Trinajstić information content (AvgIpc) is 2.64. The van der Waals surface area contributed by atoms with Gasteiger partial charge in [-0.15, -0.1) is 0 Å². The van der Waals surface area contributed by atoms with Gasteiger partial charge in [-0.1, -0.05) is 18.2 Å². The number of hydrogen-bond donors (Lipinski definition) is 1. The minimum atomic E-state index is -0.300. The Balaban J connectivity index is 1.49. The molecule has 0 atom stereocenters. The highest BCUT2D eigenvalue weighted by Crippen LogP contribution is 2.22. The number of ether oxygens (including phenoxy) is 1. The van der Waals surface area contributed by atoms with Gasteiger partial charge in [-0.3, -0.25) is 9.59 Å². The molecule has 2 aromatic carbocycles. The zero-order valence-corrected chi connectivity index (χ0v) is 14.9. The van der Waals surface area contributed by atoms with Gasteiger partial charge in [0.2, 0.25) is 11.8 Å². The number of nitrogens with one attached hydrogen (secondary N) is 1. The van der Waals surface area contributed by atoms with E-state index in [-0.39, 0.29) is 18.2 Å². The molecule has 2 amide bonds. The summed E-state index contributed by atoms with van der Waals surface area (Å²) >= 11 is 0. The average molecular weight is 353 g/mol. The molecule has 0 aromatic heterocycles. The summed E-state index contributed by atoms with van der Waals surface area (Å²) in [5, 5.41) is 2.76. The predicted molar refractivity (Wildman–Crippen MR) is 100 cm³/mol. The topological polar surface area (TPSA) is 61.9 Å². The maximum atomic E-state index is 12.2. The second kappa shape index (κ2) is 8.49. The largest absolute Gasteiger partial charge is 0.457 e. The summed E-state index contributed by atoms with van der Waals surface area (Å²) in [5.74, 6) is 1.01. The van der Waals surface area contributed by atoms with Gasteiger partial charge in [0.25, 0.3) is 0 Å². The minimum Gasteiger partial charge on any atom is -0.457 e. The monoisotopic (exact) mass is 353 g/mol. The van der Waals surface area contributed by atoms with Crippen LogP contribution in [-0.4, -0.2) is 54.8 Å². The minimum absolute atomic E-state index is 0.125. The molecule has 6 nitrogen and oxygen atoms in total. The normalized spacial score (nSPS) is 14.7. The molecule has 0 aliphatic carbocycles. The highest BCUT2D eigenvalue weighted by Gasteiger charge is 2.21. The van der Waals surface area contributed by atoms with E-state index in [0.29, 0.717) is 24.5 Å². The molecule has 1 fully saturated rings. The Labute approximate surface area is 153 Å². The van der Waals surface area contributed by atoms with Crippen LogP contribution in [0.5, 0.6) is 11.5 Å². The van der Waals surface area contributed by atoms with E-state index in [4.69, 9.17) is 4.74 Å². The van der Waals surface area contributed by atoms with Crippen molar-refractivity contribution < 1.29 is 14.3 Å². The summed E-state index contributed by atoms with van der Waals surface area (Å²) in [7, 11) is 2.03. The van der Waals surface area contributed by atoms with Gasteiger partial charge in [-0.25, -0.2) is 0 Å². The van der Waals surface area contributed by atoms with E-state index < -0.39 is 0 Å². The molecule has 0 unspecified atom stereocenters. The molecule has 0 saturated carbocycles. The third-order valence-electron chi connectivity index (χ3n) is 4.28. The zero-order chi connectivity index (χ0) is 18.4. The number of amides is 2. The Hall–Kier alpha value is -2.86. The fourth-order valence-electron chi connectivity index (χ4n) is 2.74. The van der Waals surface area contributed by atoms with Gasteiger partial charge in [0.15, 0.2) is 0 Å². The highest BCUT2D eigenvalue weighted by atomic mass is 16.5. The Bertz CT molecular complexity index is 739. The van der Waals surface area contributed by atoms with Crippen molar-refractivity contribution in [3.63, 3.8) is 0 Å². The summed E-state index contributed by atoms with van der Waals surface area (Å²) in [4.78, 5) is 28.2. The Kier molecular flexibility index (Phi) is 5.86. The van der Waals surface area contributed by atoms with E-state index in [1.807, 2.05) is 37.4 Å². The first kappa shape index (κ1) is 17.9. The molecule has 2 aromatic rings. The van der Waals surface area contributed by atoms with Crippen molar-refractivity contribution in [2.75, 3.05) is 38.5 Å². The lowest BCUT2D eigenvalue weighted by Crippen LogP contribution is -2.47. The van der Waals surface area contributed by atoms with Crippen LogP contribution in [0.2, 0.25) is 0 Å². The van der Waals surface area contributed by atoms with Gasteiger partial charge < -0.3 is 19.9 Å². The molecule has 1 N–H and O–H groups in total. The summed E-state index contributed by atoms with van der Waals surface area (Å²) in [6.07, 6.45) is -0.133. The summed E-state index contributed by atoms with van der Waals surface area (Å²) in [5.41, 5.74) is 0.640. The zero-order valence-electron chi connectivity index (χ0n) is 14.9. The van der Waals surface area contributed by atoms with Gasteiger partial charge in [-0.05, 0) is 43.4 Å². The third kappa shape index (κ3) is 5.07. The van der Waals surface area contributed by atoms with Crippen molar-refractivity contribution in [3.8, 4) is 11.5 Å². The molecule has 1 aliphatic rings. The fourth-order valence-corrected chi connectivity index (χ4v) is 2.74. The van der Waals surface area contributed by atoms with Crippen LogP contribution < -0.4 is 10.1 Å². The molecular formula is C20H23N3O3. The Morgan fingerprint density at radius 2 is 1.54 bits per heavy atom. The number of piperazine rings is 1. The van der Waals surface area contributed by atoms with E-state index in [1.54, 1.807) is 29.2 Å². The maximum absolute atomic E-state index is 12.2. The predicted octanol–water partition coefficient (Wildman–Crippen LogP) is 2.58. The summed E-state index contributed by atoms with van der Waals surface area (Å²) in [6, 6.07) is 16.6. The smallest absolute Gasteiger partial charge is 0.233 e. The van der Waals surface area contributed by atoms with E-state index in [1.165, 1.54) is 0 Å². The number of hydrogen-bond acceptors (Lipinski definition) is 4. The van der Waals surface area contributed by atoms with E-state index in [0.717, 1.165) is 18.8 Å². The number of carbonyl (C=O) groups excluding carboxylic acids is 2. The fraction of sp³-hybridized carbons (Fsp3) is 0.300. The number of benzene rings is 2. The lowest BCUT2D eigenvalue weighted by atomic mass is 10.2. The second-order valence-electron chi connectivity index (χ2n) is 6.35. The van der Waals surface area contributed by atoms with E-state index in [9.17, 15) is 9.59 Å². The SMILES string of the molecule is CN1CCN(C(=O)CC(=O)Nc2ccc(Oc3ccccc3)cc2)CC1. The number of likely N-dealkylation sites (N-methyl/N-ethyl adjacent to an activating group) is 1. The molecule has 3 rings (SSSR count). The van der Waals surface area contributed by atoms with Crippen LogP contribution in [-0.2, 0) is 9.59 Å². The van der Waals surface area contributed by atoms with E-state index in [2.05, 4.69) is 10.2 Å². The number of nitrogens with zero attached hydrogens (tertiary/aromatic N) is 2. The first-order valence-corrected chi connectivity index (χ1v) is 8.69. The van der Waals surface area contributed by atoms with Crippen LogP contribution in [0.1, 0.15) is 6.42 Å². The third-order valence-corrected chi connectivity index (χ3v) is 4.28. The standard InChI is InChI=1S/C20H23N3O3/c1-22-11-13-23(14-12-22)20(25)15-19(24)21-16-7-9-18(10-8-16)26-17-5-3-2-4-6-17/h2-10H,11-15H2,1H3,(H,21,24). The van der Waals surface area contributed by atoms with Crippen LogP contribution in [0.4, 0.5) is 5.69 Å². The van der Waals surface area contributed by atoms with Gasteiger partial charge in [-0.2, -0.15) is 0 Å². The molecule has 1 saturated heterocycles. The van der Waals surface area contributed by atoms with Crippen molar-refractivity contribution in [3.05, 3.63) is 54.6 Å². The van der Waals surface area contributed by atoms with Crippen LogP contribution >= 0.6 is 0 Å². The molecule has 6 heteroatoms. The van der Waals surface area contributed by atoms with Gasteiger partial charge in [0, 0.05) is 31.9 Å². The van der Waals surface area contributed by atoms with Crippen molar-refractivity contribution in [1.29, 1.82) is 0 Å². The molecule has 0 spiro atoms. The van der Waals surface area contributed by atoms with Crippen LogP contribution in [0.15, 0.2) is 54.6 Å². The Morgan fingerprint density at radius 1 is 0.923 bits per heavy atom. The molecule has 0 bridgehead atoms. The van der Waals surface area contributed by atoms with Crippen LogP contribution in [0.25, 0.3) is 0 Å². The second-order valence-corrected chi connectivity index (χ2v) is 6.35. The van der Waals surface area contributed by atoms with Crippen molar-refractivity contribution in [2.45, 2.75) is 6.42 Å². The number of rotatable bonds is 5. The molecule has 1 heterocycles. The molecule has 0 radical (unpaired) electrons. The summed E-state index contributed by atoms with van der Waals surface area (Å²) < 4.78 is 5.71. The first-order valence-electron chi connectivity index (χ1n) is 8.69. The van der Waals surface area contributed by atoms with Crippen molar-refractivity contribution in [2.24, 2.45) is 0 Å². The van der Waals surface area contributed by atoms with Gasteiger partial charge in [0.1, 0.15) is 17.9 Å². The lowest BCUT2D eigenvalue weighted by molar-refractivity contribution is -0.135. The summed E-state index contributed by atoms with van der Waals surface area (Å²) in [6.45, 7) is 3.04. The first-order chi connectivity index (χ1) is 12.6. The number of anilines is 1. The molecule has 136 valence electrons. The van der Waals surface area contributed by atoms with Crippen LogP contribution in [0, 0.1) is 0 Å². The van der Waals surface area contributed by atoms with Crippen molar-refractivity contribution in [1.82, 2.24) is 9.80 Å². The number of carbonyl (C=O) groups is 2. The number of para-hydroxylation sites is 1. The van der Waals surface area contributed by atoms with Crippen molar-refractivity contribution >= 4 is 17.5 Å². The van der Waals surface area contributed by atoms with Gasteiger partial charge >= 0.3 is 0 Å². The molecule has 1 aliphatic heterocycles. The van der Waals surface area contributed by atoms with Gasteiger partial charge in [0.05, 0.1) is 0 Å².